The first-order valence-electron chi connectivity index (χ1n) is 4.15. The van der Waals surface area contributed by atoms with E-state index in [4.69, 9.17) is 39.5 Å². The zero-order valence-corrected chi connectivity index (χ0v) is 10.2. The predicted molar refractivity (Wildman–Crippen MR) is 61.9 cm³/mol. The van der Waals surface area contributed by atoms with Crippen LogP contribution in [-0.4, -0.2) is 11.5 Å². The van der Waals surface area contributed by atoms with Crippen LogP contribution in [0.2, 0.25) is 10.0 Å². The Bertz CT molecular complexity index is 303. The molecule has 0 unspecified atom stereocenters. The van der Waals surface area contributed by atoms with Crippen molar-refractivity contribution in [1.82, 2.24) is 0 Å². The van der Waals surface area contributed by atoms with Crippen LogP contribution in [0.15, 0.2) is 18.2 Å². The van der Waals surface area contributed by atoms with Gasteiger partial charge in [0.2, 0.25) is 0 Å². The van der Waals surface area contributed by atoms with Crippen LogP contribution in [-0.2, 0) is 0 Å². The minimum Gasteiger partial charge on any atom is -0.483 e. The van der Waals surface area contributed by atoms with Crippen molar-refractivity contribution in [3.8, 4) is 5.75 Å². The molecule has 0 N–H and O–H groups in total. The lowest BCUT2D eigenvalue weighted by atomic mass is 10.2. The normalized spacial score (nSPS) is 11.5. The van der Waals surface area contributed by atoms with E-state index in [0.29, 0.717) is 21.7 Å². The Labute approximate surface area is 98.9 Å². The molecule has 0 aliphatic heterocycles. The molecule has 1 aromatic rings. The predicted octanol–water partition coefficient (Wildman–Crippen LogP) is 4.39. The van der Waals surface area contributed by atoms with Crippen LogP contribution in [0, 0.1) is 0 Å². The minimum absolute atomic E-state index is 0.370. The molecule has 0 aliphatic rings. The van der Waals surface area contributed by atoms with Crippen LogP contribution in [0.3, 0.4) is 0 Å². The van der Waals surface area contributed by atoms with Gasteiger partial charge in [0.1, 0.15) is 5.60 Å². The summed E-state index contributed by atoms with van der Waals surface area (Å²) in [5, 5.41) is 0.992. The highest BCUT2D eigenvalue weighted by molar-refractivity contribution is 6.37. The fourth-order valence-corrected chi connectivity index (χ4v) is 1.41. The second-order valence-corrected chi connectivity index (χ2v) is 4.63. The number of para-hydroxylation sites is 1. The van der Waals surface area contributed by atoms with E-state index in [0.717, 1.165) is 0 Å². The summed E-state index contributed by atoms with van der Waals surface area (Å²) in [4.78, 5) is 0. The fourth-order valence-electron chi connectivity index (χ4n) is 0.884. The van der Waals surface area contributed by atoms with E-state index >= 15 is 0 Å². The van der Waals surface area contributed by atoms with Crippen LogP contribution in [0.4, 0.5) is 0 Å². The van der Waals surface area contributed by atoms with E-state index in [1.807, 2.05) is 13.8 Å². The molecular formula is C10H11Cl3O. The second kappa shape index (κ2) is 4.61. The summed E-state index contributed by atoms with van der Waals surface area (Å²) in [7, 11) is 0. The molecule has 0 atom stereocenters. The summed E-state index contributed by atoms with van der Waals surface area (Å²) in [6.45, 7) is 3.75. The molecule has 0 amide bonds. The van der Waals surface area contributed by atoms with Crippen LogP contribution < -0.4 is 4.74 Å². The van der Waals surface area contributed by atoms with Gasteiger partial charge in [0.05, 0.1) is 15.9 Å². The van der Waals surface area contributed by atoms with Crippen LogP contribution in [0.5, 0.6) is 5.75 Å². The van der Waals surface area contributed by atoms with Gasteiger partial charge in [-0.15, -0.1) is 11.6 Å². The number of hydrogen-bond donors (Lipinski definition) is 0. The maximum atomic E-state index is 5.94. The van der Waals surface area contributed by atoms with Gasteiger partial charge in [-0.25, -0.2) is 0 Å². The van der Waals surface area contributed by atoms with Gasteiger partial charge in [-0.1, -0.05) is 29.3 Å². The highest BCUT2D eigenvalue weighted by atomic mass is 35.5. The monoisotopic (exact) mass is 252 g/mol. The zero-order chi connectivity index (χ0) is 10.8. The SMILES string of the molecule is CC(C)(CCl)Oc1c(Cl)cccc1Cl. The van der Waals surface area contributed by atoms with Crippen molar-refractivity contribution in [3.05, 3.63) is 28.2 Å². The third-order valence-electron chi connectivity index (χ3n) is 1.62. The quantitative estimate of drug-likeness (QED) is 0.726. The van der Waals surface area contributed by atoms with Gasteiger partial charge in [0.15, 0.2) is 5.75 Å². The first-order chi connectivity index (χ1) is 6.46. The van der Waals surface area contributed by atoms with Crippen molar-refractivity contribution in [3.63, 3.8) is 0 Å². The summed E-state index contributed by atoms with van der Waals surface area (Å²) >= 11 is 17.6. The molecule has 1 rings (SSSR count). The van der Waals surface area contributed by atoms with Gasteiger partial charge in [0, 0.05) is 0 Å². The van der Waals surface area contributed by atoms with E-state index in [2.05, 4.69) is 0 Å². The van der Waals surface area contributed by atoms with Gasteiger partial charge in [0.25, 0.3) is 0 Å². The maximum absolute atomic E-state index is 5.94. The Kier molecular flexibility index (Phi) is 3.94. The van der Waals surface area contributed by atoms with Crippen molar-refractivity contribution < 1.29 is 4.74 Å². The standard InChI is InChI=1S/C10H11Cl3O/c1-10(2,6-11)14-9-7(12)4-3-5-8(9)13/h3-5H,6H2,1-2H3. The molecule has 0 fully saturated rings. The molecule has 78 valence electrons. The molecule has 0 saturated heterocycles. The third-order valence-corrected chi connectivity index (χ3v) is 2.86. The van der Waals surface area contributed by atoms with Gasteiger partial charge in [-0.2, -0.15) is 0 Å². The Morgan fingerprint density at radius 3 is 2.14 bits per heavy atom. The number of halogens is 3. The molecule has 1 nitrogen and oxygen atoms in total. The number of ether oxygens (including phenoxy) is 1. The lowest BCUT2D eigenvalue weighted by Gasteiger charge is -2.24. The summed E-state index contributed by atoms with van der Waals surface area (Å²) in [5.41, 5.74) is -0.476. The molecule has 0 spiro atoms. The van der Waals surface area contributed by atoms with Crippen molar-refractivity contribution in [2.75, 3.05) is 5.88 Å². The fraction of sp³-hybridized carbons (Fsp3) is 0.400. The molecule has 0 aliphatic carbocycles. The summed E-state index contributed by atoms with van der Waals surface area (Å²) in [6.07, 6.45) is 0. The van der Waals surface area contributed by atoms with Crippen molar-refractivity contribution in [2.24, 2.45) is 0 Å². The molecule has 0 heterocycles. The molecule has 0 aromatic heterocycles. The van der Waals surface area contributed by atoms with Crippen molar-refractivity contribution >= 4 is 34.8 Å². The number of benzene rings is 1. The molecule has 1 aromatic carbocycles. The Hall–Kier alpha value is -0.110. The Balaban J connectivity index is 2.97. The van der Waals surface area contributed by atoms with Crippen molar-refractivity contribution in [1.29, 1.82) is 0 Å². The first-order valence-corrected chi connectivity index (χ1v) is 5.44. The maximum Gasteiger partial charge on any atom is 0.157 e. The highest BCUT2D eigenvalue weighted by Gasteiger charge is 2.21. The Morgan fingerprint density at radius 2 is 1.71 bits per heavy atom. The second-order valence-electron chi connectivity index (χ2n) is 3.55. The molecule has 0 radical (unpaired) electrons. The van der Waals surface area contributed by atoms with E-state index in [1.165, 1.54) is 0 Å². The molecule has 0 saturated carbocycles. The van der Waals surface area contributed by atoms with Gasteiger partial charge >= 0.3 is 0 Å². The summed E-state index contributed by atoms with van der Waals surface area (Å²) < 4.78 is 5.62. The van der Waals surface area contributed by atoms with Gasteiger partial charge in [-0.05, 0) is 26.0 Å². The summed E-state index contributed by atoms with van der Waals surface area (Å²) in [5.74, 6) is 0.857. The lowest BCUT2D eigenvalue weighted by molar-refractivity contribution is 0.135. The average molecular weight is 254 g/mol. The summed E-state index contributed by atoms with van der Waals surface area (Å²) in [6, 6.07) is 5.23. The average Bonchev–Trinajstić information content (AvgIpc) is 2.12. The third kappa shape index (κ3) is 2.94. The van der Waals surface area contributed by atoms with Crippen molar-refractivity contribution in [2.45, 2.75) is 19.4 Å². The minimum atomic E-state index is -0.476. The van der Waals surface area contributed by atoms with Gasteiger partial charge < -0.3 is 4.74 Å². The van der Waals surface area contributed by atoms with Crippen LogP contribution in [0.25, 0.3) is 0 Å². The topological polar surface area (TPSA) is 9.23 Å². The lowest BCUT2D eigenvalue weighted by Crippen LogP contribution is -2.30. The number of alkyl halides is 1. The molecule has 4 heteroatoms. The van der Waals surface area contributed by atoms with E-state index in [1.54, 1.807) is 18.2 Å². The van der Waals surface area contributed by atoms with E-state index in [9.17, 15) is 0 Å². The number of hydrogen-bond acceptors (Lipinski definition) is 1. The zero-order valence-electron chi connectivity index (χ0n) is 7.98. The molecule has 0 bridgehead atoms. The Morgan fingerprint density at radius 1 is 1.21 bits per heavy atom. The molecule has 14 heavy (non-hydrogen) atoms. The van der Waals surface area contributed by atoms with E-state index < -0.39 is 5.60 Å². The van der Waals surface area contributed by atoms with Crippen LogP contribution in [0.1, 0.15) is 13.8 Å². The van der Waals surface area contributed by atoms with Gasteiger partial charge in [-0.3, -0.25) is 0 Å². The molecular weight excluding hydrogens is 242 g/mol. The largest absolute Gasteiger partial charge is 0.483 e. The number of rotatable bonds is 3. The van der Waals surface area contributed by atoms with Crippen LogP contribution >= 0.6 is 34.8 Å². The first kappa shape index (κ1) is 12.0. The smallest absolute Gasteiger partial charge is 0.157 e. The van der Waals surface area contributed by atoms with E-state index in [-0.39, 0.29) is 0 Å². The highest BCUT2D eigenvalue weighted by Crippen LogP contribution is 2.35.